The van der Waals surface area contributed by atoms with Crippen molar-refractivity contribution >= 4 is 35.1 Å². The Balaban J connectivity index is 2.34. The quantitative estimate of drug-likeness (QED) is 0.802. The number of benzene rings is 1. The third kappa shape index (κ3) is 5.94. The number of rotatable bonds is 7. The molecule has 0 aliphatic rings. The van der Waals surface area contributed by atoms with Gasteiger partial charge in [0.2, 0.25) is 5.91 Å². The van der Waals surface area contributed by atoms with Crippen molar-refractivity contribution in [3.63, 3.8) is 0 Å². The molecule has 0 atom stereocenters. The number of amides is 1. The van der Waals surface area contributed by atoms with E-state index < -0.39 is 11.4 Å². The number of carboxylic acid groups (broad SMARTS) is 1. The Morgan fingerprint density at radius 2 is 1.90 bits per heavy atom. The van der Waals surface area contributed by atoms with E-state index >= 15 is 0 Å². The molecule has 0 spiro atoms. The summed E-state index contributed by atoms with van der Waals surface area (Å²) in [6.45, 7) is 3.62. The fourth-order valence-corrected chi connectivity index (χ4v) is 1.98. The Hall–Kier alpha value is -1.26. The molecule has 116 valence electrons. The molecule has 0 saturated carbocycles. The number of hydrogen-bond acceptors (Lipinski definition) is 2. The van der Waals surface area contributed by atoms with Gasteiger partial charge < -0.3 is 10.4 Å². The van der Waals surface area contributed by atoms with Gasteiger partial charge in [-0.15, -0.1) is 0 Å². The number of aryl methyl sites for hydroxylation is 1. The number of halogens is 2. The van der Waals surface area contributed by atoms with Gasteiger partial charge in [0.15, 0.2) is 0 Å². The minimum Gasteiger partial charge on any atom is -0.481 e. The summed E-state index contributed by atoms with van der Waals surface area (Å²) in [5.74, 6) is -0.977. The third-order valence-corrected chi connectivity index (χ3v) is 4.01. The van der Waals surface area contributed by atoms with E-state index in [0.717, 1.165) is 5.56 Å². The van der Waals surface area contributed by atoms with Crippen LogP contribution in [0.4, 0.5) is 0 Å². The van der Waals surface area contributed by atoms with Crippen LogP contribution in [0.3, 0.4) is 0 Å². The van der Waals surface area contributed by atoms with E-state index in [9.17, 15) is 9.59 Å². The highest BCUT2D eigenvalue weighted by atomic mass is 35.5. The predicted molar refractivity (Wildman–Crippen MR) is 83.8 cm³/mol. The first-order valence-corrected chi connectivity index (χ1v) is 7.42. The molecule has 1 aromatic carbocycles. The Kier molecular flexibility index (Phi) is 6.49. The number of hydrogen-bond donors (Lipinski definition) is 2. The van der Waals surface area contributed by atoms with Crippen molar-refractivity contribution in [2.24, 2.45) is 5.41 Å². The molecule has 0 fully saturated rings. The summed E-state index contributed by atoms with van der Waals surface area (Å²) in [6, 6.07) is 5.27. The SMILES string of the molecule is CC(C)(CCNC(=O)CCc1ccc(Cl)c(Cl)c1)C(=O)O. The average molecular weight is 332 g/mol. The van der Waals surface area contributed by atoms with Gasteiger partial charge in [0.1, 0.15) is 0 Å². The van der Waals surface area contributed by atoms with Crippen LogP contribution in [0.1, 0.15) is 32.3 Å². The lowest BCUT2D eigenvalue weighted by molar-refractivity contribution is -0.147. The van der Waals surface area contributed by atoms with Gasteiger partial charge >= 0.3 is 5.97 Å². The molecule has 0 heterocycles. The van der Waals surface area contributed by atoms with Crippen molar-refractivity contribution in [3.05, 3.63) is 33.8 Å². The fourth-order valence-electron chi connectivity index (χ4n) is 1.66. The van der Waals surface area contributed by atoms with Gasteiger partial charge in [-0.2, -0.15) is 0 Å². The van der Waals surface area contributed by atoms with Crippen molar-refractivity contribution in [3.8, 4) is 0 Å². The van der Waals surface area contributed by atoms with Gasteiger partial charge in [0, 0.05) is 13.0 Å². The second-order valence-corrected chi connectivity index (χ2v) is 6.35. The largest absolute Gasteiger partial charge is 0.481 e. The minimum absolute atomic E-state index is 0.109. The topological polar surface area (TPSA) is 66.4 Å². The lowest BCUT2D eigenvalue weighted by Crippen LogP contribution is -2.32. The molecule has 0 bridgehead atoms. The van der Waals surface area contributed by atoms with Gasteiger partial charge in [0.25, 0.3) is 0 Å². The summed E-state index contributed by atoms with van der Waals surface area (Å²) in [4.78, 5) is 22.6. The molecule has 2 N–H and O–H groups in total. The van der Waals surface area contributed by atoms with Crippen molar-refractivity contribution in [1.29, 1.82) is 0 Å². The summed E-state index contributed by atoms with van der Waals surface area (Å²) >= 11 is 11.7. The van der Waals surface area contributed by atoms with E-state index in [-0.39, 0.29) is 5.91 Å². The first-order valence-electron chi connectivity index (χ1n) is 6.66. The Morgan fingerprint density at radius 3 is 2.48 bits per heavy atom. The van der Waals surface area contributed by atoms with Gasteiger partial charge in [-0.1, -0.05) is 29.3 Å². The molecule has 1 rings (SSSR count). The third-order valence-electron chi connectivity index (χ3n) is 3.28. The highest BCUT2D eigenvalue weighted by molar-refractivity contribution is 6.42. The van der Waals surface area contributed by atoms with Gasteiger partial charge in [0.05, 0.1) is 15.5 Å². The maximum atomic E-state index is 11.7. The molecular formula is C15H19Cl2NO3. The van der Waals surface area contributed by atoms with E-state index in [0.29, 0.717) is 35.9 Å². The van der Waals surface area contributed by atoms with Crippen LogP contribution < -0.4 is 5.32 Å². The summed E-state index contributed by atoms with van der Waals surface area (Å²) < 4.78 is 0. The monoisotopic (exact) mass is 331 g/mol. The van der Waals surface area contributed by atoms with Crippen LogP contribution in [0.5, 0.6) is 0 Å². The Labute approximate surface area is 134 Å². The van der Waals surface area contributed by atoms with E-state index in [1.807, 2.05) is 6.07 Å². The summed E-state index contributed by atoms with van der Waals surface area (Å²) in [6.07, 6.45) is 1.28. The molecule has 1 amide bonds. The Morgan fingerprint density at radius 1 is 1.24 bits per heavy atom. The van der Waals surface area contributed by atoms with Crippen LogP contribution >= 0.6 is 23.2 Å². The van der Waals surface area contributed by atoms with E-state index in [1.54, 1.807) is 26.0 Å². The summed E-state index contributed by atoms with van der Waals surface area (Å²) in [5.41, 5.74) is 0.0992. The average Bonchev–Trinajstić information content (AvgIpc) is 2.39. The number of carboxylic acids is 1. The van der Waals surface area contributed by atoms with Crippen LogP contribution in [0.15, 0.2) is 18.2 Å². The molecule has 0 radical (unpaired) electrons. The van der Waals surface area contributed by atoms with Crippen molar-refractivity contribution in [1.82, 2.24) is 5.32 Å². The van der Waals surface area contributed by atoms with Crippen molar-refractivity contribution in [2.45, 2.75) is 33.1 Å². The molecule has 0 unspecified atom stereocenters. The fraction of sp³-hybridized carbons (Fsp3) is 0.467. The molecule has 21 heavy (non-hydrogen) atoms. The smallest absolute Gasteiger partial charge is 0.309 e. The number of nitrogens with one attached hydrogen (secondary N) is 1. The minimum atomic E-state index is -0.868. The van der Waals surface area contributed by atoms with Crippen LogP contribution in [-0.2, 0) is 16.0 Å². The normalized spacial score (nSPS) is 11.2. The van der Waals surface area contributed by atoms with Crippen LogP contribution in [0.2, 0.25) is 10.0 Å². The Bertz CT molecular complexity index is 530. The zero-order chi connectivity index (χ0) is 16.0. The zero-order valence-corrected chi connectivity index (χ0v) is 13.6. The molecule has 4 nitrogen and oxygen atoms in total. The highest BCUT2D eigenvalue weighted by Crippen LogP contribution is 2.23. The molecule has 1 aromatic rings. The van der Waals surface area contributed by atoms with Crippen LogP contribution in [0.25, 0.3) is 0 Å². The van der Waals surface area contributed by atoms with Crippen LogP contribution in [-0.4, -0.2) is 23.5 Å². The number of aliphatic carboxylic acids is 1. The van der Waals surface area contributed by atoms with E-state index in [4.69, 9.17) is 28.3 Å². The zero-order valence-electron chi connectivity index (χ0n) is 12.1. The van der Waals surface area contributed by atoms with E-state index in [2.05, 4.69) is 5.32 Å². The lowest BCUT2D eigenvalue weighted by Gasteiger charge is -2.18. The molecule has 0 saturated heterocycles. The first-order chi connectivity index (χ1) is 9.72. The highest BCUT2D eigenvalue weighted by Gasteiger charge is 2.26. The predicted octanol–water partition coefficient (Wildman–Crippen LogP) is 3.54. The van der Waals surface area contributed by atoms with Crippen molar-refractivity contribution in [2.75, 3.05) is 6.54 Å². The number of carbonyl (C=O) groups excluding carboxylic acids is 1. The van der Waals surface area contributed by atoms with Gasteiger partial charge in [-0.25, -0.2) is 0 Å². The summed E-state index contributed by atoms with van der Waals surface area (Å²) in [7, 11) is 0. The van der Waals surface area contributed by atoms with E-state index in [1.165, 1.54) is 0 Å². The second kappa shape index (κ2) is 7.66. The standard InChI is InChI=1S/C15H19Cl2NO3/c1-15(2,14(20)21)7-8-18-13(19)6-4-10-3-5-11(16)12(17)9-10/h3,5,9H,4,6-8H2,1-2H3,(H,18,19)(H,20,21). The molecule has 0 aliphatic heterocycles. The summed E-state index contributed by atoms with van der Waals surface area (Å²) in [5, 5.41) is 12.7. The van der Waals surface area contributed by atoms with Gasteiger partial charge in [-0.05, 0) is 44.4 Å². The van der Waals surface area contributed by atoms with Gasteiger partial charge in [-0.3, -0.25) is 9.59 Å². The maximum Gasteiger partial charge on any atom is 0.309 e. The molecular weight excluding hydrogens is 313 g/mol. The molecule has 0 aromatic heterocycles. The first kappa shape index (κ1) is 17.8. The van der Waals surface area contributed by atoms with Crippen LogP contribution in [0, 0.1) is 5.41 Å². The number of carbonyl (C=O) groups is 2. The van der Waals surface area contributed by atoms with Crippen molar-refractivity contribution < 1.29 is 14.7 Å². The maximum absolute atomic E-state index is 11.7. The second-order valence-electron chi connectivity index (χ2n) is 5.54. The lowest BCUT2D eigenvalue weighted by atomic mass is 9.90. The molecule has 0 aliphatic carbocycles. The molecule has 6 heteroatoms.